The van der Waals surface area contributed by atoms with Crippen LogP contribution in [0.3, 0.4) is 0 Å². The number of nitrogens with one attached hydrogen (secondary N) is 2. The Morgan fingerprint density at radius 1 is 0.935 bits per heavy atom. The van der Waals surface area contributed by atoms with Crippen molar-refractivity contribution in [1.29, 1.82) is 0 Å². The van der Waals surface area contributed by atoms with Crippen LogP contribution in [0.25, 0.3) is 22.8 Å². The minimum absolute atomic E-state index is 0.276. The highest BCUT2D eigenvalue weighted by molar-refractivity contribution is 5.54. The van der Waals surface area contributed by atoms with Gasteiger partial charge in [-0.25, -0.2) is 14.4 Å². The van der Waals surface area contributed by atoms with Gasteiger partial charge in [0.1, 0.15) is 0 Å². The smallest absolute Gasteiger partial charge is 0.248 e. The summed E-state index contributed by atoms with van der Waals surface area (Å²) < 4.78 is 18.1. The summed E-state index contributed by atoms with van der Waals surface area (Å²) in [6, 6.07) is 12.1. The lowest BCUT2D eigenvalue weighted by Crippen LogP contribution is -2.35. The Morgan fingerprint density at radius 3 is 2.39 bits per heavy atom. The second-order valence-corrected chi connectivity index (χ2v) is 7.12. The van der Waals surface area contributed by atoms with Crippen molar-refractivity contribution in [2.75, 3.05) is 6.54 Å². The van der Waals surface area contributed by atoms with Gasteiger partial charge < -0.3 is 15.1 Å². The van der Waals surface area contributed by atoms with E-state index in [1.54, 1.807) is 6.20 Å². The molecule has 0 spiro atoms. The summed E-state index contributed by atoms with van der Waals surface area (Å²) in [5.74, 6) is 0.531. The Morgan fingerprint density at radius 2 is 1.71 bits per heavy atom. The first-order chi connectivity index (χ1) is 15.2. The highest BCUT2D eigenvalue weighted by Crippen LogP contribution is 2.16. The predicted octanol–water partition coefficient (Wildman–Crippen LogP) is 3.00. The third-order valence-corrected chi connectivity index (χ3v) is 4.68. The fraction of sp³-hybridized carbons (Fsp3) is 0.227. The summed E-state index contributed by atoms with van der Waals surface area (Å²) in [5, 5.41) is 14.4. The topological polar surface area (TPSA) is 102 Å². The molecule has 31 heavy (non-hydrogen) atoms. The molecular formula is C22H22FN7O. The maximum Gasteiger partial charge on any atom is 0.248 e. The van der Waals surface area contributed by atoms with E-state index in [0.29, 0.717) is 18.3 Å². The van der Waals surface area contributed by atoms with Crippen molar-refractivity contribution in [3.63, 3.8) is 0 Å². The molecule has 4 aromatic rings. The average Bonchev–Trinajstić information content (AvgIpc) is 3.34. The van der Waals surface area contributed by atoms with Crippen LogP contribution >= 0.6 is 0 Å². The summed E-state index contributed by atoms with van der Waals surface area (Å²) in [5.41, 5.74) is 3.74. The zero-order valence-electron chi connectivity index (χ0n) is 17.0. The molecule has 8 nitrogen and oxygen atoms in total. The van der Waals surface area contributed by atoms with Gasteiger partial charge in [-0.2, -0.15) is 0 Å². The van der Waals surface area contributed by atoms with Crippen LogP contribution in [0.15, 0.2) is 65.8 Å². The standard InChI is InChI=1S/C22H22FN7O/c1-15(8-24-13-20-7-6-18(10-26-20)22-30-29-14-31-22)25-9-16-2-4-17(5-3-16)21-27-11-19(23)12-28-21/h2-7,10-12,14-15,24-25H,8-9,13H2,1H3/t15-/m0/s1. The molecule has 0 unspecified atom stereocenters. The van der Waals surface area contributed by atoms with Gasteiger partial charge in [0.2, 0.25) is 12.3 Å². The van der Waals surface area contributed by atoms with Gasteiger partial charge in [-0.15, -0.1) is 10.2 Å². The molecule has 0 aliphatic heterocycles. The molecule has 3 heterocycles. The lowest BCUT2D eigenvalue weighted by molar-refractivity contribution is 0.499. The third kappa shape index (κ3) is 5.74. The van der Waals surface area contributed by atoms with E-state index < -0.39 is 5.82 Å². The number of rotatable bonds is 9. The molecule has 0 radical (unpaired) electrons. The molecule has 0 aliphatic carbocycles. The quantitative estimate of drug-likeness (QED) is 0.427. The zero-order chi connectivity index (χ0) is 21.5. The fourth-order valence-electron chi connectivity index (χ4n) is 2.97. The number of benzene rings is 1. The first-order valence-corrected chi connectivity index (χ1v) is 9.90. The zero-order valence-corrected chi connectivity index (χ0v) is 17.0. The van der Waals surface area contributed by atoms with E-state index in [-0.39, 0.29) is 6.04 Å². The molecule has 0 saturated carbocycles. The van der Waals surface area contributed by atoms with Crippen molar-refractivity contribution >= 4 is 0 Å². The highest BCUT2D eigenvalue weighted by Gasteiger charge is 2.06. The number of aromatic nitrogens is 5. The average molecular weight is 419 g/mol. The lowest BCUT2D eigenvalue weighted by Gasteiger charge is -2.15. The lowest BCUT2D eigenvalue weighted by atomic mass is 10.1. The molecule has 4 rings (SSSR count). The summed E-state index contributed by atoms with van der Waals surface area (Å²) in [6.07, 6.45) is 5.37. The number of halogens is 1. The molecule has 2 N–H and O–H groups in total. The minimum Gasteiger partial charge on any atom is -0.423 e. The fourth-order valence-corrected chi connectivity index (χ4v) is 2.97. The van der Waals surface area contributed by atoms with E-state index in [0.717, 1.165) is 35.5 Å². The van der Waals surface area contributed by atoms with Gasteiger partial charge in [0, 0.05) is 37.4 Å². The van der Waals surface area contributed by atoms with E-state index in [9.17, 15) is 4.39 Å². The Balaban J connectivity index is 1.19. The van der Waals surface area contributed by atoms with Crippen LogP contribution in [-0.4, -0.2) is 37.7 Å². The Kier molecular flexibility index (Phi) is 6.65. The normalized spacial score (nSPS) is 12.1. The van der Waals surface area contributed by atoms with E-state index in [4.69, 9.17) is 4.42 Å². The van der Waals surface area contributed by atoms with Crippen LogP contribution in [0.1, 0.15) is 18.2 Å². The van der Waals surface area contributed by atoms with Gasteiger partial charge in [-0.05, 0) is 24.6 Å². The van der Waals surface area contributed by atoms with Crippen LogP contribution < -0.4 is 10.6 Å². The first kappa shape index (κ1) is 20.7. The summed E-state index contributed by atoms with van der Waals surface area (Å²) in [6.45, 7) is 4.33. The van der Waals surface area contributed by atoms with Gasteiger partial charge in [0.25, 0.3) is 0 Å². The molecule has 0 aliphatic rings. The van der Waals surface area contributed by atoms with Crippen molar-refractivity contribution in [2.24, 2.45) is 0 Å². The third-order valence-electron chi connectivity index (χ3n) is 4.68. The molecule has 158 valence electrons. The molecule has 0 amide bonds. The number of hydrogen-bond donors (Lipinski definition) is 2. The van der Waals surface area contributed by atoms with Crippen molar-refractivity contribution in [3.8, 4) is 22.8 Å². The molecule has 1 atom stereocenters. The molecule has 3 aromatic heterocycles. The summed E-state index contributed by atoms with van der Waals surface area (Å²) in [4.78, 5) is 12.4. The first-order valence-electron chi connectivity index (χ1n) is 9.90. The maximum atomic E-state index is 12.9. The van der Waals surface area contributed by atoms with Crippen LogP contribution in [0.4, 0.5) is 4.39 Å². The molecule has 0 saturated heterocycles. The largest absolute Gasteiger partial charge is 0.423 e. The maximum absolute atomic E-state index is 12.9. The van der Waals surface area contributed by atoms with Crippen molar-refractivity contribution in [2.45, 2.75) is 26.1 Å². The predicted molar refractivity (Wildman–Crippen MR) is 113 cm³/mol. The summed E-state index contributed by atoms with van der Waals surface area (Å²) >= 11 is 0. The minimum atomic E-state index is -0.441. The molecule has 0 bridgehead atoms. The number of hydrogen-bond acceptors (Lipinski definition) is 8. The van der Waals surface area contributed by atoms with Crippen molar-refractivity contribution < 1.29 is 8.81 Å². The van der Waals surface area contributed by atoms with E-state index in [1.807, 2.05) is 36.4 Å². The Hall–Kier alpha value is -3.56. The van der Waals surface area contributed by atoms with Gasteiger partial charge >= 0.3 is 0 Å². The van der Waals surface area contributed by atoms with Crippen LogP contribution in [0.2, 0.25) is 0 Å². The van der Waals surface area contributed by atoms with E-state index in [1.165, 1.54) is 18.8 Å². The second kappa shape index (κ2) is 9.96. The number of nitrogens with zero attached hydrogens (tertiary/aromatic N) is 5. The summed E-state index contributed by atoms with van der Waals surface area (Å²) in [7, 11) is 0. The van der Waals surface area contributed by atoms with Gasteiger partial charge in [-0.1, -0.05) is 24.3 Å². The Bertz CT molecular complexity index is 1070. The monoisotopic (exact) mass is 419 g/mol. The van der Waals surface area contributed by atoms with Gasteiger partial charge in [-0.3, -0.25) is 4.98 Å². The molecule has 9 heteroatoms. The number of pyridine rings is 1. The van der Waals surface area contributed by atoms with Crippen LogP contribution in [0.5, 0.6) is 0 Å². The van der Waals surface area contributed by atoms with Gasteiger partial charge in [0.15, 0.2) is 11.6 Å². The van der Waals surface area contributed by atoms with Crippen LogP contribution in [-0.2, 0) is 13.1 Å². The molecular weight excluding hydrogens is 397 g/mol. The second-order valence-electron chi connectivity index (χ2n) is 7.12. The van der Waals surface area contributed by atoms with Gasteiger partial charge in [0.05, 0.1) is 23.7 Å². The van der Waals surface area contributed by atoms with Crippen LogP contribution in [0, 0.1) is 5.82 Å². The molecule has 0 fully saturated rings. The van der Waals surface area contributed by atoms with Crippen molar-refractivity contribution in [1.82, 2.24) is 35.8 Å². The SMILES string of the molecule is C[C@@H](CNCc1ccc(-c2nnco2)cn1)NCc1ccc(-c2ncc(F)cn2)cc1. The Labute approximate surface area is 179 Å². The molecule has 1 aromatic carbocycles. The highest BCUT2D eigenvalue weighted by atomic mass is 19.1. The van der Waals surface area contributed by atoms with E-state index in [2.05, 4.69) is 42.7 Å². The van der Waals surface area contributed by atoms with Crippen molar-refractivity contribution in [3.05, 3.63) is 78.5 Å². The van der Waals surface area contributed by atoms with E-state index >= 15 is 0 Å².